The smallest absolute Gasteiger partial charge is 0.264 e. The van der Waals surface area contributed by atoms with Gasteiger partial charge in [0.2, 0.25) is 5.91 Å². The molecule has 190 valence electrons. The zero-order chi connectivity index (χ0) is 26.1. The number of rotatable bonds is 11. The molecule has 0 saturated carbocycles. The number of amides is 2. The predicted molar refractivity (Wildman–Crippen MR) is 141 cm³/mol. The van der Waals surface area contributed by atoms with Gasteiger partial charge in [-0.3, -0.25) is 13.9 Å². The highest BCUT2D eigenvalue weighted by atomic mass is 32.2. The van der Waals surface area contributed by atoms with Crippen molar-refractivity contribution in [3.8, 4) is 5.75 Å². The van der Waals surface area contributed by atoms with Crippen LogP contribution in [-0.2, 0) is 14.8 Å². The summed E-state index contributed by atoms with van der Waals surface area (Å²) >= 11 is 0. The summed E-state index contributed by atoms with van der Waals surface area (Å²) < 4.78 is 34.0. The van der Waals surface area contributed by atoms with Crippen molar-refractivity contribution in [3.63, 3.8) is 0 Å². The van der Waals surface area contributed by atoms with Gasteiger partial charge >= 0.3 is 0 Å². The number of carbonyl (C=O) groups excluding carboxylic acids is 2. The molecule has 3 aromatic rings. The first-order valence-corrected chi connectivity index (χ1v) is 13.2. The molecule has 0 aromatic heterocycles. The van der Waals surface area contributed by atoms with Crippen molar-refractivity contribution in [1.82, 2.24) is 4.90 Å². The first-order chi connectivity index (χ1) is 17.3. The van der Waals surface area contributed by atoms with Gasteiger partial charge in [-0.05, 0) is 57.2 Å². The van der Waals surface area contributed by atoms with Gasteiger partial charge in [0.25, 0.3) is 15.9 Å². The fourth-order valence-electron chi connectivity index (χ4n) is 3.74. The van der Waals surface area contributed by atoms with E-state index in [1.54, 1.807) is 78.6 Å². The number of nitrogens with zero attached hydrogens (tertiary/aromatic N) is 2. The molecule has 0 spiro atoms. The summed E-state index contributed by atoms with van der Waals surface area (Å²) in [5, 5.41) is 2.74. The Morgan fingerprint density at radius 1 is 0.833 bits per heavy atom. The molecule has 36 heavy (non-hydrogen) atoms. The number of carbonyl (C=O) groups is 2. The molecule has 0 unspecified atom stereocenters. The molecule has 1 N–H and O–H groups in total. The molecule has 0 aliphatic heterocycles. The molecule has 0 fully saturated rings. The third kappa shape index (κ3) is 6.04. The van der Waals surface area contributed by atoms with Gasteiger partial charge in [0.05, 0.1) is 28.4 Å². The topological polar surface area (TPSA) is 96.0 Å². The Morgan fingerprint density at radius 2 is 1.44 bits per heavy atom. The van der Waals surface area contributed by atoms with Crippen LogP contribution in [-0.4, -0.2) is 51.4 Å². The lowest BCUT2D eigenvalue weighted by atomic mass is 10.1. The minimum Gasteiger partial charge on any atom is -0.492 e. The largest absolute Gasteiger partial charge is 0.492 e. The van der Waals surface area contributed by atoms with Gasteiger partial charge in [0.1, 0.15) is 12.3 Å². The first-order valence-electron chi connectivity index (χ1n) is 11.8. The average molecular weight is 510 g/mol. The Morgan fingerprint density at radius 3 is 2.11 bits per heavy atom. The number of sulfonamides is 1. The van der Waals surface area contributed by atoms with Gasteiger partial charge in [-0.2, -0.15) is 0 Å². The molecule has 3 rings (SSSR count). The quantitative estimate of drug-likeness (QED) is 0.413. The summed E-state index contributed by atoms with van der Waals surface area (Å²) in [7, 11) is -4.11. The van der Waals surface area contributed by atoms with E-state index in [1.165, 1.54) is 12.1 Å². The van der Waals surface area contributed by atoms with Crippen molar-refractivity contribution in [2.75, 3.05) is 35.9 Å². The third-order valence-electron chi connectivity index (χ3n) is 5.53. The molecular formula is C27H31N3O5S. The zero-order valence-corrected chi connectivity index (χ0v) is 21.5. The van der Waals surface area contributed by atoms with E-state index >= 15 is 0 Å². The van der Waals surface area contributed by atoms with Crippen LogP contribution in [0.15, 0.2) is 83.8 Å². The van der Waals surface area contributed by atoms with Crippen LogP contribution in [0.2, 0.25) is 0 Å². The van der Waals surface area contributed by atoms with Crippen LogP contribution in [0, 0.1) is 0 Å². The molecule has 0 atom stereocenters. The van der Waals surface area contributed by atoms with Crippen molar-refractivity contribution in [2.45, 2.75) is 25.7 Å². The van der Waals surface area contributed by atoms with Crippen LogP contribution in [0.4, 0.5) is 11.4 Å². The van der Waals surface area contributed by atoms with E-state index in [4.69, 9.17) is 4.74 Å². The zero-order valence-electron chi connectivity index (χ0n) is 20.7. The Balaban J connectivity index is 1.98. The molecule has 3 aromatic carbocycles. The van der Waals surface area contributed by atoms with E-state index in [0.717, 1.165) is 4.31 Å². The van der Waals surface area contributed by atoms with Gasteiger partial charge in [-0.15, -0.1) is 0 Å². The van der Waals surface area contributed by atoms with Crippen LogP contribution in [0.25, 0.3) is 0 Å². The second kappa shape index (κ2) is 12.2. The van der Waals surface area contributed by atoms with E-state index in [2.05, 4.69) is 5.32 Å². The van der Waals surface area contributed by atoms with E-state index < -0.39 is 22.5 Å². The van der Waals surface area contributed by atoms with Gasteiger partial charge in [-0.1, -0.05) is 42.5 Å². The number of para-hydroxylation sites is 3. The van der Waals surface area contributed by atoms with Crippen LogP contribution < -0.4 is 14.4 Å². The number of hydrogen-bond donors (Lipinski definition) is 1. The van der Waals surface area contributed by atoms with Crippen LogP contribution >= 0.6 is 0 Å². The Kier molecular flexibility index (Phi) is 9.08. The number of nitrogens with one attached hydrogen (secondary N) is 1. The van der Waals surface area contributed by atoms with Crippen molar-refractivity contribution in [2.24, 2.45) is 0 Å². The number of benzene rings is 3. The van der Waals surface area contributed by atoms with Crippen molar-refractivity contribution in [1.29, 1.82) is 0 Å². The molecule has 0 saturated heterocycles. The fourth-order valence-corrected chi connectivity index (χ4v) is 5.19. The molecular weight excluding hydrogens is 478 g/mol. The van der Waals surface area contributed by atoms with Gasteiger partial charge in [-0.25, -0.2) is 8.42 Å². The fraction of sp³-hybridized carbons (Fsp3) is 0.259. The Bertz CT molecular complexity index is 1290. The van der Waals surface area contributed by atoms with E-state index in [9.17, 15) is 18.0 Å². The molecule has 0 aliphatic rings. The summed E-state index contributed by atoms with van der Waals surface area (Å²) in [4.78, 5) is 27.9. The molecule has 0 aliphatic carbocycles. The maximum atomic E-state index is 13.6. The minimum absolute atomic E-state index is 0.0428. The van der Waals surface area contributed by atoms with Gasteiger partial charge < -0.3 is 15.0 Å². The summed E-state index contributed by atoms with van der Waals surface area (Å²) in [6, 6.07) is 21.3. The van der Waals surface area contributed by atoms with E-state index in [-0.39, 0.29) is 16.5 Å². The summed E-state index contributed by atoms with van der Waals surface area (Å²) in [5.41, 5.74) is 0.891. The second-order valence-electron chi connectivity index (χ2n) is 7.80. The predicted octanol–water partition coefficient (Wildman–Crippen LogP) is 4.40. The lowest BCUT2D eigenvalue weighted by molar-refractivity contribution is -0.114. The molecule has 2 amide bonds. The second-order valence-corrected chi connectivity index (χ2v) is 9.66. The van der Waals surface area contributed by atoms with Crippen molar-refractivity contribution >= 4 is 33.2 Å². The van der Waals surface area contributed by atoms with Crippen LogP contribution in [0.5, 0.6) is 5.75 Å². The SMILES string of the molecule is CCOc1ccccc1N(CC(=O)Nc1ccccc1C(=O)N(CC)CC)S(=O)(=O)c1ccccc1. The highest BCUT2D eigenvalue weighted by Crippen LogP contribution is 2.32. The lowest BCUT2D eigenvalue weighted by Gasteiger charge is -2.26. The number of anilines is 2. The highest BCUT2D eigenvalue weighted by molar-refractivity contribution is 7.92. The lowest BCUT2D eigenvalue weighted by Crippen LogP contribution is -2.39. The summed E-state index contributed by atoms with van der Waals surface area (Å²) in [6.45, 7) is 6.40. The normalized spacial score (nSPS) is 11.0. The van der Waals surface area contributed by atoms with E-state index in [0.29, 0.717) is 36.7 Å². The number of hydrogen-bond acceptors (Lipinski definition) is 5. The molecule has 9 heteroatoms. The van der Waals surface area contributed by atoms with E-state index in [1.807, 2.05) is 13.8 Å². The van der Waals surface area contributed by atoms with Gasteiger partial charge in [0.15, 0.2) is 0 Å². The maximum absolute atomic E-state index is 13.6. The Hall–Kier alpha value is -3.85. The molecule has 0 heterocycles. The molecule has 8 nitrogen and oxygen atoms in total. The number of ether oxygens (including phenoxy) is 1. The Labute approximate surface area is 212 Å². The monoisotopic (exact) mass is 509 g/mol. The highest BCUT2D eigenvalue weighted by Gasteiger charge is 2.30. The minimum atomic E-state index is -4.11. The summed E-state index contributed by atoms with van der Waals surface area (Å²) in [5.74, 6) is -0.476. The summed E-state index contributed by atoms with van der Waals surface area (Å²) in [6.07, 6.45) is 0. The van der Waals surface area contributed by atoms with Crippen LogP contribution in [0.1, 0.15) is 31.1 Å². The van der Waals surface area contributed by atoms with Gasteiger partial charge in [0, 0.05) is 13.1 Å². The third-order valence-corrected chi connectivity index (χ3v) is 7.31. The van der Waals surface area contributed by atoms with Crippen molar-refractivity contribution < 1.29 is 22.7 Å². The first kappa shape index (κ1) is 26.7. The average Bonchev–Trinajstić information content (AvgIpc) is 2.89. The molecule has 0 bridgehead atoms. The van der Waals surface area contributed by atoms with Crippen LogP contribution in [0.3, 0.4) is 0 Å². The molecule has 0 radical (unpaired) electrons. The standard InChI is InChI=1S/C27H31N3O5S/c1-4-29(5-2)27(32)22-16-10-11-17-23(22)28-26(31)20-30(24-18-12-13-19-25(24)35-6-3)36(33,34)21-14-8-7-9-15-21/h7-19H,4-6,20H2,1-3H3,(H,28,31). The maximum Gasteiger partial charge on any atom is 0.264 e. The van der Waals surface area contributed by atoms with Crippen molar-refractivity contribution in [3.05, 3.63) is 84.4 Å².